The van der Waals surface area contributed by atoms with Gasteiger partial charge in [-0.15, -0.1) is 0 Å². The highest BCUT2D eigenvalue weighted by molar-refractivity contribution is 6.30. The first-order valence-electron chi connectivity index (χ1n) is 10.8. The van der Waals surface area contributed by atoms with Crippen LogP contribution in [-0.4, -0.2) is 31.2 Å². The van der Waals surface area contributed by atoms with Crippen LogP contribution in [0.15, 0.2) is 72.8 Å². The highest BCUT2D eigenvalue weighted by atomic mass is 35.5. The Bertz CT molecular complexity index is 1290. The fourth-order valence-corrected chi connectivity index (χ4v) is 3.85. The Morgan fingerprint density at radius 1 is 1.03 bits per heavy atom. The molecule has 0 atom stereocenters. The summed E-state index contributed by atoms with van der Waals surface area (Å²) in [5.41, 5.74) is 4.09. The van der Waals surface area contributed by atoms with Gasteiger partial charge in [-0.05, 0) is 61.4 Å². The van der Waals surface area contributed by atoms with Gasteiger partial charge in [-0.25, -0.2) is 4.98 Å². The molecule has 0 saturated carbocycles. The molecule has 6 heteroatoms. The van der Waals surface area contributed by atoms with E-state index in [1.54, 1.807) is 13.2 Å². The summed E-state index contributed by atoms with van der Waals surface area (Å²) in [4.78, 5) is 17.6. The van der Waals surface area contributed by atoms with Crippen LogP contribution in [0.2, 0.25) is 5.02 Å². The average Bonchev–Trinajstić information content (AvgIpc) is 2.84. The van der Waals surface area contributed by atoms with E-state index in [0.717, 1.165) is 33.5 Å². The van der Waals surface area contributed by atoms with Crippen molar-refractivity contribution in [2.45, 2.75) is 13.3 Å². The van der Waals surface area contributed by atoms with Gasteiger partial charge in [-0.2, -0.15) is 0 Å². The molecule has 0 spiro atoms. The molecule has 4 aromatic rings. The number of fused-ring (bicyclic) bond motifs is 1. The first kappa shape index (κ1) is 22.6. The highest BCUT2D eigenvalue weighted by Gasteiger charge is 2.13. The number of pyridine rings is 1. The van der Waals surface area contributed by atoms with Crippen molar-refractivity contribution in [2.75, 3.05) is 20.3 Å². The minimum absolute atomic E-state index is 0.138. The number of ether oxygens (including phenoxy) is 2. The average molecular weight is 461 g/mol. The number of hydrogen-bond donors (Lipinski definition) is 1. The minimum Gasteiger partial charge on any atom is -0.497 e. The summed E-state index contributed by atoms with van der Waals surface area (Å²) >= 11 is 6.16. The lowest BCUT2D eigenvalue weighted by Crippen LogP contribution is -2.25. The number of methoxy groups -OCH3 is 1. The third kappa shape index (κ3) is 5.44. The van der Waals surface area contributed by atoms with Gasteiger partial charge in [-0.1, -0.05) is 35.9 Å². The summed E-state index contributed by atoms with van der Waals surface area (Å²) in [6.07, 6.45) is 0.714. The normalized spacial score (nSPS) is 10.8. The van der Waals surface area contributed by atoms with E-state index in [1.807, 2.05) is 73.7 Å². The first-order valence-corrected chi connectivity index (χ1v) is 11.2. The van der Waals surface area contributed by atoms with Crippen LogP contribution in [0.3, 0.4) is 0 Å². The van der Waals surface area contributed by atoms with E-state index in [1.165, 1.54) is 0 Å². The Kier molecular flexibility index (Phi) is 7.10. The van der Waals surface area contributed by atoms with E-state index in [4.69, 9.17) is 26.1 Å². The van der Waals surface area contributed by atoms with Gasteiger partial charge in [0.25, 0.3) is 5.91 Å². The largest absolute Gasteiger partial charge is 0.497 e. The van der Waals surface area contributed by atoms with Crippen LogP contribution in [0.5, 0.6) is 11.5 Å². The second-order valence-electron chi connectivity index (χ2n) is 7.54. The lowest BCUT2D eigenvalue weighted by Gasteiger charge is -2.12. The third-order valence-corrected chi connectivity index (χ3v) is 5.52. The molecule has 5 nitrogen and oxygen atoms in total. The maximum Gasteiger partial charge on any atom is 0.251 e. The van der Waals surface area contributed by atoms with E-state index in [-0.39, 0.29) is 5.91 Å². The van der Waals surface area contributed by atoms with Crippen molar-refractivity contribution in [3.05, 3.63) is 88.9 Å². The monoisotopic (exact) mass is 460 g/mol. The molecule has 1 heterocycles. The summed E-state index contributed by atoms with van der Waals surface area (Å²) in [5, 5.41) is 4.43. The summed E-state index contributed by atoms with van der Waals surface area (Å²) < 4.78 is 11.1. The van der Waals surface area contributed by atoms with Crippen molar-refractivity contribution in [3.8, 4) is 22.8 Å². The predicted molar refractivity (Wildman–Crippen MR) is 132 cm³/mol. The van der Waals surface area contributed by atoms with Crippen molar-refractivity contribution >= 4 is 28.4 Å². The van der Waals surface area contributed by atoms with Crippen LogP contribution < -0.4 is 14.8 Å². The van der Waals surface area contributed by atoms with Crippen molar-refractivity contribution in [3.63, 3.8) is 0 Å². The lowest BCUT2D eigenvalue weighted by molar-refractivity contribution is 0.0954. The molecule has 3 aromatic carbocycles. The zero-order valence-corrected chi connectivity index (χ0v) is 19.4. The van der Waals surface area contributed by atoms with Crippen LogP contribution in [0.25, 0.3) is 22.2 Å². The highest BCUT2D eigenvalue weighted by Crippen LogP contribution is 2.31. The Balaban J connectivity index is 1.55. The van der Waals surface area contributed by atoms with Crippen LogP contribution in [0.1, 0.15) is 22.8 Å². The van der Waals surface area contributed by atoms with Crippen LogP contribution >= 0.6 is 11.6 Å². The molecular weight excluding hydrogens is 436 g/mol. The predicted octanol–water partition coefficient (Wildman–Crippen LogP) is 5.94. The Hall–Kier alpha value is -3.57. The Morgan fingerprint density at radius 3 is 2.67 bits per heavy atom. The quantitative estimate of drug-likeness (QED) is 0.353. The van der Waals surface area contributed by atoms with Gasteiger partial charge < -0.3 is 14.8 Å². The number of amides is 1. The van der Waals surface area contributed by atoms with Gasteiger partial charge in [-0.3, -0.25) is 4.79 Å². The fourth-order valence-electron chi connectivity index (χ4n) is 3.66. The number of nitrogens with one attached hydrogen (secondary N) is 1. The van der Waals surface area contributed by atoms with Crippen molar-refractivity contribution in [1.29, 1.82) is 0 Å². The number of aromatic nitrogens is 1. The van der Waals surface area contributed by atoms with Crippen LogP contribution in [-0.2, 0) is 6.42 Å². The van der Waals surface area contributed by atoms with Crippen LogP contribution in [0.4, 0.5) is 0 Å². The van der Waals surface area contributed by atoms with Gasteiger partial charge >= 0.3 is 0 Å². The molecule has 0 aliphatic heterocycles. The number of carbonyl (C=O) groups is 1. The molecule has 168 valence electrons. The van der Waals surface area contributed by atoms with Gasteiger partial charge in [0.1, 0.15) is 11.5 Å². The molecule has 0 unspecified atom stereocenters. The molecule has 0 saturated heterocycles. The molecule has 1 amide bonds. The van der Waals surface area contributed by atoms with E-state index in [9.17, 15) is 4.79 Å². The fraction of sp³-hybridized carbons (Fsp3) is 0.185. The zero-order valence-electron chi connectivity index (χ0n) is 18.6. The zero-order chi connectivity index (χ0) is 23.2. The number of rotatable bonds is 8. The van der Waals surface area contributed by atoms with Gasteiger partial charge in [0.2, 0.25) is 0 Å². The molecule has 0 fully saturated rings. The summed E-state index contributed by atoms with van der Waals surface area (Å²) in [6.45, 7) is 2.96. The second-order valence-corrected chi connectivity index (χ2v) is 7.97. The molecule has 0 aliphatic rings. The lowest BCUT2D eigenvalue weighted by atomic mass is 10.1. The van der Waals surface area contributed by atoms with Gasteiger partial charge in [0.05, 0.1) is 24.9 Å². The maximum absolute atomic E-state index is 12.8. The smallest absolute Gasteiger partial charge is 0.251 e. The van der Waals surface area contributed by atoms with Gasteiger partial charge in [0, 0.05) is 34.1 Å². The van der Waals surface area contributed by atoms with Crippen molar-refractivity contribution in [2.24, 2.45) is 0 Å². The second kappa shape index (κ2) is 10.4. The van der Waals surface area contributed by atoms with E-state index in [2.05, 4.69) is 5.32 Å². The number of carbonyl (C=O) groups excluding carboxylic acids is 1. The summed E-state index contributed by atoms with van der Waals surface area (Å²) in [5.74, 6) is 1.35. The summed E-state index contributed by atoms with van der Waals surface area (Å²) in [6, 6.07) is 22.7. The SMILES string of the molecule is CCOc1cc(-c2cccc(Cl)c2)nc2ccc(C(=O)NCCc3cccc(OC)c3)cc12. The number of hydrogen-bond acceptors (Lipinski definition) is 4. The topological polar surface area (TPSA) is 60.5 Å². The first-order chi connectivity index (χ1) is 16.1. The Morgan fingerprint density at radius 2 is 1.88 bits per heavy atom. The molecule has 4 rings (SSSR count). The number of benzene rings is 3. The van der Waals surface area contributed by atoms with E-state index in [0.29, 0.717) is 35.9 Å². The Labute approximate surface area is 198 Å². The molecular formula is C27H25ClN2O3. The molecule has 0 aliphatic carbocycles. The van der Waals surface area contributed by atoms with Crippen molar-refractivity contribution in [1.82, 2.24) is 10.3 Å². The van der Waals surface area contributed by atoms with Gasteiger partial charge in [0.15, 0.2) is 0 Å². The molecule has 1 N–H and O–H groups in total. The molecule has 0 radical (unpaired) electrons. The van der Waals surface area contributed by atoms with Crippen LogP contribution in [0, 0.1) is 0 Å². The number of halogens is 1. The van der Waals surface area contributed by atoms with E-state index < -0.39 is 0 Å². The minimum atomic E-state index is -0.138. The number of nitrogens with zero attached hydrogens (tertiary/aromatic N) is 1. The maximum atomic E-state index is 12.8. The molecule has 1 aromatic heterocycles. The summed E-state index contributed by atoms with van der Waals surface area (Å²) in [7, 11) is 1.64. The third-order valence-electron chi connectivity index (χ3n) is 5.29. The molecule has 0 bridgehead atoms. The standard InChI is InChI=1S/C27H25ClN2O3/c1-3-33-26-17-25(19-7-5-8-21(28)15-19)30-24-11-10-20(16-23(24)26)27(31)29-13-12-18-6-4-9-22(14-18)32-2/h4-11,14-17H,3,12-13H2,1-2H3,(H,29,31). The van der Waals surface area contributed by atoms with E-state index >= 15 is 0 Å². The van der Waals surface area contributed by atoms with Crippen molar-refractivity contribution < 1.29 is 14.3 Å². The molecule has 33 heavy (non-hydrogen) atoms.